The Kier molecular flexibility index (Phi) is 4.77. The summed E-state index contributed by atoms with van der Waals surface area (Å²) in [7, 11) is 0. The van der Waals surface area contributed by atoms with Gasteiger partial charge < -0.3 is 4.90 Å². The van der Waals surface area contributed by atoms with Crippen LogP contribution in [0.4, 0.5) is 5.82 Å². The van der Waals surface area contributed by atoms with Crippen LogP contribution in [0.1, 0.15) is 37.1 Å². The molecule has 19 heavy (non-hydrogen) atoms. The minimum atomic E-state index is 0.307. The first-order valence-corrected chi connectivity index (χ1v) is 7.67. The summed E-state index contributed by atoms with van der Waals surface area (Å²) in [5, 5.41) is 2.66. The first-order chi connectivity index (χ1) is 9.13. The number of aromatic nitrogens is 2. The summed E-state index contributed by atoms with van der Waals surface area (Å²) in [5.74, 6) is 1.26. The van der Waals surface area contributed by atoms with E-state index in [2.05, 4.69) is 53.2 Å². The highest BCUT2D eigenvalue weighted by Crippen LogP contribution is 2.31. The minimum absolute atomic E-state index is 0.307. The van der Waals surface area contributed by atoms with Gasteiger partial charge in [0.2, 0.25) is 0 Å². The van der Waals surface area contributed by atoms with Crippen molar-refractivity contribution in [2.24, 2.45) is 0 Å². The average Bonchev–Trinajstić information content (AvgIpc) is 2.88. The Balaban J connectivity index is 2.35. The summed E-state index contributed by atoms with van der Waals surface area (Å²) in [6.45, 7) is 8.13. The van der Waals surface area contributed by atoms with Crippen LogP contribution in [0.5, 0.6) is 0 Å². The van der Waals surface area contributed by atoms with Crippen LogP contribution in [0, 0.1) is 0 Å². The normalized spacial score (nSPS) is 11.0. The average molecular weight is 296 g/mol. The number of halogens is 1. The van der Waals surface area contributed by atoms with Crippen LogP contribution < -0.4 is 4.90 Å². The van der Waals surface area contributed by atoms with E-state index in [1.807, 2.05) is 0 Å². The molecule has 102 valence electrons. The Morgan fingerprint density at radius 1 is 1.37 bits per heavy atom. The maximum absolute atomic E-state index is 6.23. The summed E-state index contributed by atoms with van der Waals surface area (Å²) in [5.41, 5.74) is 1.03. The van der Waals surface area contributed by atoms with Crippen LogP contribution in [0.2, 0.25) is 5.15 Å². The lowest BCUT2D eigenvalue weighted by molar-refractivity contribution is 0.775. The molecule has 0 aliphatic rings. The maximum atomic E-state index is 6.23. The van der Waals surface area contributed by atoms with E-state index in [4.69, 9.17) is 11.6 Å². The van der Waals surface area contributed by atoms with E-state index in [-0.39, 0.29) is 0 Å². The van der Waals surface area contributed by atoms with E-state index in [1.165, 1.54) is 4.88 Å². The highest BCUT2D eigenvalue weighted by Gasteiger charge is 2.18. The summed E-state index contributed by atoms with van der Waals surface area (Å²) < 4.78 is 0. The third-order valence-corrected chi connectivity index (χ3v) is 4.16. The van der Waals surface area contributed by atoms with E-state index in [0.29, 0.717) is 11.1 Å². The first kappa shape index (κ1) is 14.3. The van der Waals surface area contributed by atoms with Gasteiger partial charge in [0.1, 0.15) is 17.3 Å². The molecule has 5 heteroatoms. The largest absolute Gasteiger partial charge is 0.351 e. The molecule has 2 aromatic rings. The fourth-order valence-electron chi connectivity index (χ4n) is 2.04. The molecule has 0 bridgehead atoms. The smallest absolute Gasteiger partial charge is 0.138 e. The van der Waals surface area contributed by atoms with Crippen molar-refractivity contribution in [3.05, 3.63) is 39.4 Å². The summed E-state index contributed by atoms with van der Waals surface area (Å²) in [4.78, 5) is 12.1. The fraction of sp³-hybridized carbons (Fsp3) is 0.429. The molecule has 0 aliphatic heterocycles. The molecule has 0 N–H and O–H groups in total. The van der Waals surface area contributed by atoms with Gasteiger partial charge in [-0.15, -0.1) is 11.3 Å². The first-order valence-electron chi connectivity index (χ1n) is 6.41. The zero-order valence-corrected chi connectivity index (χ0v) is 13.0. The van der Waals surface area contributed by atoms with Crippen molar-refractivity contribution in [2.75, 3.05) is 11.4 Å². The molecule has 0 spiro atoms. The zero-order valence-electron chi connectivity index (χ0n) is 11.4. The molecule has 0 radical (unpaired) electrons. The monoisotopic (exact) mass is 295 g/mol. The van der Waals surface area contributed by atoms with Gasteiger partial charge in [-0.1, -0.05) is 31.5 Å². The van der Waals surface area contributed by atoms with Crippen LogP contribution >= 0.6 is 22.9 Å². The topological polar surface area (TPSA) is 29.0 Å². The van der Waals surface area contributed by atoms with Crippen LogP contribution in [0.25, 0.3) is 0 Å². The van der Waals surface area contributed by atoms with Gasteiger partial charge in [-0.2, -0.15) is 0 Å². The molecule has 0 unspecified atom stereocenters. The molecule has 0 saturated heterocycles. The second kappa shape index (κ2) is 6.35. The van der Waals surface area contributed by atoms with E-state index in [0.717, 1.165) is 24.5 Å². The van der Waals surface area contributed by atoms with Gasteiger partial charge in [0.25, 0.3) is 0 Å². The van der Waals surface area contributed by atoms with E-state index in [9.17, 15) is 0 Å². The Bertz CT molecular complexity index is 525. The van der Waals surface area contributed by atoms with Gasteiger partial charge in [0.05, 0.1) is 6.54 Å². The summed E-state index contributed by atoms with van der Waals surface area (Å²) in [6.07, 6.45) is 1.54. The van der Waals surface area contributed by atoms with Crippen molar-refractivity contribution < 1.29 is 0 Å². The number of thiophene rings is 1. The molecule has 0 saturated carbocycles. The molecule has 2 rings (SSSR count). The summed E-state index contributed by atoms with van der Waals surface area (Å²) in [6, 6.07) is 4.22. The van der Waals surface area contributed by atoms with Crippen LogP contribution in [-0.2, 0) is 6.54 Å². The van der Waals surface area contributed by atoms with Gasteiger partial charge in [0.15, 0.2) is 0 Å². The predicted octanol–water partition coefficient (Wildman–Crippen LogP) is 4.34. The molecule has 0 amide bonds. The van der Waals surface area contributed by atoms with Crippen molar-refractivity contribution in [3.8, 4) is 0 Å². The zero-order chi connectivity index (χ0) is 13.8. The molecule has 3 nitrogen and oxygen atoms in total. The van der Waals surface area contributed by atoms with Crippen LogP contribution in [-0.4, -0.2) is 16.5 Å². The molecular weight excluding hydrogens is 278 g/mol. The van der Waals surface area contributed by atoms with Gasteiger partial charge in [-0.25, -0.2) is 9.97 Å². The fourth-order valence-corrected chi connectivity index (χ4v) is 3.11. The van der Waals surface area contributed by atoms with Crippen LogP contribution in [0.3, 0.4) is 0 Å². The highest BCUT2D eigenvalue weighted by molar-refractivity contribution is 7.09. The van der Waals surface area contributed by atoms with E-state index >= 15 is 0 Å². The van der Waals surface area contributed by atoms with Gasteiger partial charge in [0, 0.05) is 17.0 Å². The van der Waals surface area contributed by atoms with Crippen LogP contribution in [0.15, 0.2) is 23.8 Å². The standard InChI is InChI=1S/C14H18ClN3S/c1-4-18(8-11-6-5-7-19-11)14-12(10(2)3)13(15)16-9-17-14/h5-7,9-10H,4,8H2,1-3H3. The van der Waals surface area contributed by atoms with Gasteiger partial charge in [-0.05, 0) is 24.3 Å². The number of hydrogen-bond donors (Lipinski definition) is 0. The number of hydrogen-bond acceptors (Lipinski definition) is 4. The van der Waals surface area contributed by atoms with E-state index in [1.54, 1.807) is 17.7 Å². The molecule has 2 aromatic heterocycles. The SMILES string of the molecule is CCN(Cc1cccs1)c1ncnc(Cl)c1C(C)C. The number of anilines is 1. The van der Waals surface area contributed by atoms with Crippen molar-refractivity contribution in [3.63, 3.8) is 0 Å². The molecule has 0 aliphatic carbocycles. The van der Waals surface area contributed by atoms with Crippen molar-refractivity contribution in [2.45, 2.75) is 33.2 Å². The lowest BCUT2D eigenvalue weighted by Gasteiger charge is -2.25. The Morgan fingerprint density at radius 3 is 2.74 bits per heavy atom. The third kappa shape index (κ3) is 3.25. The molecule has 0 atom stereocenters. The van der Waals surface area contributed by atoms with Crippen molar-refractivity contribution in [1.82, 2.24) is 9.97 Å². The molecular formula is C14H18ClN3S. The van der Waals surface area contributed by atoms with E-state index < -0.39 is 0 Å². The Hall–Kier alpha value is -1.13. The van der Waals surface area contributed by atoms with Gasteiger partial charge >= 0.3 is 0 Å². The number of nitrogens with zero attached hydrogens (tertiary/aromatic N) is 3. The lowest BCUT2D eigenvalue weighted by Crippen LogP contribution is -2.24. The van der Waals surface area contributed by atoms with Crippen molar-refractivity contribution in [1.29, 1.82) is 0 Å². The quantitative estimate of drug-likeness (QED) is 0.768. The minimum Gasteiger partial charge on any atom is -0.351 e. The second-order valence-electron chi connectivity index (χ2n) is 4.65. The molecule has 0 aromatic carbocycles. The lowest BCUT2D eigenvalue weighted by atomic mass is 10.1. The maximum Gasteiger partial charge on any atom is 0.138 e. The van der Waals surface area contributed by atoms with Gasteiger partial charge in [-0.3, -0.25) is 0 Å². The highest BCUT2D eigenvalue weighted by atomic mass is 35.5. The second-order valence-corrected chi connectivity index (χ2v) is 6.04. The Labute approximate surface area is 123 Å². The predicted molar refractivity (Wildman–Crippen MR) is 82.2 cm³/mol. The third-order valence-electron chi connectivity index (χ3n) is 3.00. The number of rotatable bonds is 5. The summed E-state index contributed by atoms with van der Waals surface area (Å²) >= 11 is 7.99. The molecule has 0 fully saturated rings. The molecule has 2 heterocycles. The Morgan fingerprint density at radius 2 is 2.16 bits per heavy atom. The van der Waals surface area contributed by atoms with Crippen molar-refractivity contribution >= 4 is 28.8 Å².